The molecule has 0 saturated carbocycles. The maximum absolute atomic E-state index is 13.4. The van der Waals surface area contributed by atoms with Crippen molar-refractivity contribution in [2.45, 2.75) is 24.0 Å². The molecule has 0 bridgehead atoms. The predicted molar refractivity (Wildman–Crippen MR) is 137 cm³/mol. The van der Waals surface area contributed by atoms with Gasteiger partial charge in [0.25, 0.3) is 10.0 Å². The molecule has 0 aliphatic carbocycles. The van der Waals surface area contributed by atoms with Crippen LogP contribution >= 0.6 is 23.4 Å². The van der Waals surface area contributed by atoms with Crippen molar-refractivity contribution in [2.24, 2.45) is 0 Å². The minimum Gasteiger partial charge on any atom is -0.354 e. The Morgan fingerprint density at radius 2 is 1.64 bits per heavy atom. The standard InChI is InChI=1S/C25H27ClN2O3S2/c1-20-8-5-6-11-24(20)28(33(30,31)23-14-12-22(26)13-15-23)18-25(29)27-16-7-17-32-19-21-9-3-2-4-10-21/h2-6,8-15H,7,16-19H2,1H3,(H,27,29). The van der Waals surface area contributed by atoms with E-state index in [0.717, 1.165) is 27.8 Å². The van der Waals surface area contributed by atoms with Gasteiger partial charge in [-0.2, -0.15) is 11.8 Å². The number of aryl methyl sites for hydroxylation is 1. The average Bonchev–Trinajstić information content (AvgIpc) is 2.81. The maximum Gasteiger partial charge on any atom is 0.264 e. The Labute approximate surface area is 205 Å². The highest BCUT2D eigenvalue weighted by Gasteiger charge is 2.28. The molecule has 0 aliphatic heterocycles. The molecule has 174 valence electrons. The summed E-state index contributed by atoms with van der Waals surface area (Å²) in [5.74, 6) is 1.48. The van der Waals surface area contributed by atoms with E-state index >= 15 is 0 Å². The Hall–Kier alpha value is -2.48. The third kappa shape index (κ3) is 7.25. The number of para-hydroxylation sites is 1. The molecule has 0 saturated heterocycles. The number of nitrogens with one attached hydrogen (secondary N) is 1. The van der Waals surface area contributed by atoms with E-state index in [1.165, 1.54) is 29.8 Å². The third-order valence-electron chi connectivity index (χ3n) is 4.97. The number of nitrogens with zero attached hydrogens (tertiary/aromatic N) is 1. The quantitative estimate of drug-likeness (QED) is 0.362. The highest BCUT2D eigenvalue weighted by molar-refractivity contribution is 7.98. The van der Waals surface area contributed by atoms with Crippen molar-refractivity contribution in [1.29, 1.82) is 0 Å². The second-order valence-electron chi connectivity index (χ2n) is 7.49. The largest absolute Gasteiger partial charge is 0.354 e. The molecule has 0 heterocycles. The van der Waals surface area contributed by atoms with Gasteiger partial charge in [0, 0.05) is 17.3 Å². The predicted octanol–water partition coefficient (Wildman–Crippen LogP) is 5.28. The number of thioether (sulfide) groups is 1. The summed E-state index contributed by atoms with van der Waals surface area (Å²) in [6.45, 7) is 2.01. The number of anilines is 1. The number of amides is 1. The molecular weight excluding hydrogens is 476 g/mol. The van der Waals surface area contributed by atoms with Crippen molar-refractivity contribution < 1.29 is 13.2 Å². The summed E-state index contributed by atoms with van der Waals surface area (Å²) in [4.78, 5) is 12.8. The molecule has 1 amide bonds. The van der Waals surface area contributed by atoms with E-state index < -0.39 is 10.0 Å². The Morgan fingerprint density at radius 3 is 2.33 bits per heavy atom. The van der Waals surface area contributed by atoms with Crippen LogP contribution < -0.4 is 9.62 Å². The second kappa shape index (κ2) is 12.1. The van der Waals surface area contributed by atoms with Gasteiger partial charge in [-0.25, -0.2) is 8.42 Å². The van der Waals surface area contributed by atoms with Crippen LogP contribution in [-0.4, -0.2) is 33.2 Å². The summed E-state index contributed by atoms with van der Waals surface area (Å²) in [5.41, 5.74) is 2.51. The first-order valence-electron chi connectivity index (χ1n) is 10.6. The van der Waals surface area contributed by atoms with E-state index in [2.05, 4.69) is 17.4 Å². The summed E-state index contributed by atoms with van der Waals surface area (Å²) in [6.07, 6.45) is 0.803. The first-order valence-corrected chi connectivity index (χ1v) is 13.6. The van der Waals surface area contributed by atoms with Crippen LogP contribution in [0, 0.1) is 6.92 Å². The van der Waals surface area contributed by atoms with E-state index in [-0.39, 0.29) is 17.3 Å². The average molecular weight is 503 g/mol. The normalized spacial score (nSPS) is 11.2. The molecule has 0 spiro atoms. The number of carbonyl (C=O) groups excluding carboxylic acids is 1. The number of sulfonamides is 1. The molecule has 33 heavy (non-hydrogen) atoms. The Morgan fingerprint density at radius 1 is 0.970 bits per heavy atom. The van der Waals surface area contributed by atoms with Gasteiger partial charge in [0.1, 0.15) is 6.54 Å². The maximum atomic E-state index is 13.4. The lowest BCUT2D eigenvalue weighted by Crippen LogP contribution is -2.41. The van der Waals surface area contributed by atoms with Gasteiger partial charge in [0.15, 0.2) is 0 Å². The van der Waals surface area contributed by atoms with Gasteiger partial charge in [-0.1, -0.05) is 60.1 Å². The molecule has 3 aromatic carbocycles. The van der Waals surface area contributed by atoms with Crippen molar-refractivity contribution in [3.05, 3.63) is 95.0 Å². The van der Waals surface area contributed by atoms with E-state index in [4.69, 9.17) is 11.6 Å². The van der Waals surface area contributed by atoms with Crippen LogP contribution in [0.3, 0.4) is 0 Å². The van der Waals surface area contributed by atoms with Crippen molar-refractivity contribution in [3.8, 4) is 0 Å². The first-order chi connectivity index (χ1) is 15.9. The zero-order valence-electron chi connectivity index (χ0n) is 18.4. The van der Waals surface area contributed by atoms with Gasteiger partial charge in [-0.3, -0.25) is 9.10 Å². The molecule has 3 rings (SSSR count). The molecule has 5 nitrogen and oxygen atoms in total. The molecule has 0 aromatic heterocycles. The molecule has 3 aromatic rings. The van der Waals surface area contributed by atoms with Crippen LogP contribution in [0.25, 0.3) is 0 Å². The fraction of sp³-hybridized carbons (Fsp3) is 0.240. The fourth-order valence-electron chi connectivity index (χ4n) is 3.23. The summed E-state index contributed by atoms with van der Waals surface area (Å²) in [5, 5.41) is 3.30. The highest BCUT2D eigenvalue weighted by Crippen LogP contribution is 2.27. The van der Waals surface area contributed by atoms with Gasteiger partial charge >= 0.3 is 0 Å². The summed E-state index contributed by atoms with van der Waals surface area (Å²) < 4.78 is 27.9. The Bertz CT molecular complexity index is 1150. The number of halogens is 1. The summed E-state index contributed by atoms with van der Waals surface area (Å²) in [7, 11) is -3.95. The van der Waals surface area contributed by atoms with Gasteiger partial charge in [0.2, 0.25) is 5.91 Å². The molecule has 0 fully saturated rings. The lowest BCUT2D eigenvalue weighted by atomic mass is 10.2. The van der Waals surface area contributed by atoms with Crippen molar-refractivity contribution in [1.82, 2.24) is 5.32 Å². The van der Waals surface area contributed by atoms with Gasteiger partial charge in [0.05, 0.1) is 10.6 Å². The molecular formula is C25H27ClN2O3S2. The van der Waals surface area contributed by atoms with E-state index in [9.17, 15) is 13.2 Å². The topological polar surface area (TPSA) is 66.5 Å². The molecule has 0 unspecified atom stereocenters. The minimum absolute atomic E-state index is 0.0836. The first kappa shape index (κ1) is 25.1. The lowest BCUT2D eigenvalue weighted by molar-refractivity contribution is -0.119. The van der Waals surface area contributed by atoms with Gasteiger partial charge in [-0.05, 0) is 60.6 Å². The molecule has 8 heteroatoms. The third-order valence-corrected chi connectivity index (χ3v) is 8.11. The van der Waals surface area contributed by atoms with E-state index in [1.807, 2.05) is 37.3 Å². The fourth-order valence-corrected chi connectivity index (χ4v) is 5.76. The second-order valence-corrected chi connectivity index (χ2v) is 10.9. The smallest absolute Gasteiger partial charge is 0.264 e. The van der Waals surface area contributed by atoms with E-state index in [0.29, 0.717) is 17.3 Å². The molecule has 0 radical (unpaired) electrons. The number of benzene rings is 3. The van der Waals surface area contributed by atoms with Crippen LogP contribution in [0.1, 0.15) is 17.5 Å². The minimum atomic E-state index is -3.95. The summed E-state index contributed by atoms with van der Waals surface area (Å²) in [6, 6.07) is 23.3. The van der Waals surface area contributed by atoms with Crippen LogP contribution in [-0.2, 0) is 20.6 Å². The number of rotatable bonds is 11. The zero-order chi connectivity index (χ0) is 23.7. The van der Waals surface area contributed by atoms with Crippen LogP contribution in [0.15, 0.2) is 83.8 Å². The molecule has 1 N–H and O–H groups in total. The monoisotopic (exact) mass is 502 g/mol. The molecule has 0 atom stereocenters. The number of carbonyl (C=O) groups is 1. The highest BCUT2D eigenvalue weighted by atomic mass is 35.5. The van der Waals surface area contributed by atoms with Gasteiger partial charge < -0.3 is 5.32 Å². The Kier molecular flexibility index (Phi) is 9.23. The lowest BCUT2D eigenvalue weighted by Gasteiger charge is -2.25. The Balaban J connectivity index is 1.61. The van der Waals surface area contributed by atoms with Crippen LogP contribution in [0.4, 0.5) is 5.69 Å². The summed E-state index contributed by atoms with van der Waals surface area (Å²) >= 11 is 7.73. The van der Waals surface area contributed by atoms with E-state index in [1.54, 1.807) is 23.9 Å². The molecule has 0 aliphatic rings. The van der Waals surface area contributed by atoms with Crippen molar-refractivity contribution >= 4 is 45.0 Å². The van der Waals surface area contributed by atoms with Crippen LogP contribution in [0.2, 0.25) is 5.02 Å². The van der Waals surface area contributed by atoms with Crippen LogP contribution in [0.5, 0.6) is 0 Å². The van der Waals surface area contributed by atoms with Gasteiger partial charge in [-0.15, -0.1) is 0 Å². The van der Waals surface area contributed by atoms with Crippen molar-refractivity contribution in [2.75, 3.05) is 23.1 Å². The SMILES string of the molecule is Cc1ccccc1N(CC(=O)NCCCSCc1ccccc1)S(=O)(=O)c1ccc(Cl)cc1. The van der Waals surface area contributed by atoms with Crippen molar-refractivity contribution in [3.63, 3.8) is 0 Å². The number of hydrogen-bond donors (Lipinski definition) is 1. The number of hydrogen-bond acceptors (Lipinski definition) is 4. The zero-order valence-corrected chi connectivity index (χ0v) is 20.8.